The summed E-state index contributed by atoms with van der Waals surface area (Å²) in [6.45, 7) is 0. The third-order valence-corrected chi connectivity index (χ3v) is 2.33. The van der Waals surface area contributed by atoms with Crippen LogP contribution in [0.1, 0.15) is 30.9 Å². The quantitative estimate of drug-likeness (QED) is 0.615. The van der Waals surface area contributed by atoms with Crippen molar-refractivity contribution in [3.63, 3.8) is 0 Å². The highest BCUT2D eigenvalue weighted by atomic mass is 16.4. The first-order chi connectivity index (χ1) is 6.36. The molecule has 2 heteroatoms. The zero-order valence-corrected chi connectivity index (χ0v) is 7.40. The van der Waals surface area contributed by atoms with Crippen molar-refractivity contribution in [1.29, 1.82) is 0 Å². The van der Waals surface area contributed by atoms with E-state index in [2.05, 4.69) is 12.2 Å². The van der Waals surface area contributed by atoms with E-state index in [0.717, 1.165) is 18.6 Å². The smallest absolute Gasteiger partial charge is 0.335 e. The second-order valence-corrected chi connectivity index (χ2v) is 3.31. The maximum atomic E-state index is 10.9. The molecule has 13 heavy (non-hydrogen) atoms. The van der Waals surface area contributed by atoms with E-state index in [0.29, 0.717) is 5.92 Å². The molecule has 68 valence electrons. The van der Waals surface area contributed by atoms with Crippen LogP contribution in [0.15, 0.2) is 39.6 Å². The first-order valence-electron chi connectivity index (χ1n) is 4.63. The van der Waals surface area contributed by atoms with Crippen molar-refractivity contribution in [2.24, 2.45) is 0 Å². The maximum Gasteiger partial charge on any atom is 0.335 e. The van der Waals surface area contributed by atoms with Crippen LogP contribution >= 0.6 is 0 Å². The summed E-state index contributed by atoms with van der Waals surface area (Å²) in [6.07, 6.45) is 7.69. The van der Waals surface area contributed by atoms with Crippen LogP contribution in [0.25, 0.3) is 0 Å². The van der Waals surface area contributed by atoms with Gasteiger partial charge in [0, 0.05) is 12.0 Å². The summed E-state index contributed by atoms with van der Waals surface area (Å²) in [4.78, 5) is 10.9. The molecule has 1 atom stereocenters. The maximum absolute atomic E-state index is 10.9. The molecule has 1 aromatic heterocycles. The van der Waals surface area contributed by atoms with Gasteiger partial charge in [-0.25, -0.2) is 4.79 Å². The van der Waals surface area contributed by atoms with Gasteiger partial charge in [0.25, 0.3) is 0 Å². The van der Waals surface area contributed by atoms with Crippen molar-refractivity contribution in [2.45, 2.75) is 25.2 Å². The second-order valence-electron chi connectivity index (χ2n) is 3.31. The van der Waals surface area contributed by atoms with Crippen LogP contribution in [0.5, 0.6) is 0 Å². The highest BCUT2D eigenvalue weighted by Gasteiger charge is 2.12. The van der Waals surface area contributed by atoms with Crippen LogP contribution in [-0.2, 0) is 0 Å². The van der Waals surface area contributed by atoms with Crippen LogP contribution in [0.2, 0.25) is 0 Å². The zero-order chi connectivity index (χ0) is 9.10. The lowest BCUT2D eigenvalue weighted by molar-refractivity contribution is 0.428. The van der Waals surface area contributed by atoms with Crippen molar-refractivity contribution in [1.82, 2.24) is 0 Å². The summed E-state index contributed by atoms with van der Waals surface area (Å²) >= 11 is 0. The van der Waals surface area contributed by atoms with E-state index < -0.39 is 0 Å². The van der Waals surface area contributed by atoms with Gasteiger partial charge < -0.3 is 4.42 Å². The number of rotatable bonds is 1. The van der Waals surface area contributed by atoms with Crippen LogP contribution in [0.3, 0.4) is 0 Å². The van der Waals surface area contributed by atoms with Crippen LogP contribution < -0.4 is 5.63 Å². The molecule has 1 aromatic rings. The molecule has 0 amide bonds. The van der Waals surface area contributed by atoms with Crippen molar-refractivity contribution in [2.75, 3.05) is 0 Å². The molecular weight excluding hydrogens is 164 g/mol. The molecule has 0 spiro atoms. The highest BCUT2D eigenvalue weighted by molar-refractivity contribution is 5.14. The van der Waals surface area contributed by atoms with Crippen molar-refractivity contribution in [3.8, 4) is 0 Å². The molecular formula is C11H12O2. The molecule has 2 nitrogen and oxygen atoms in total. The fourth-order valence-corrected chi connectivity index (χ4v) is 1.65. The lowest BCUT2D eigenvalue weighted by atomic mass is 9.94. The summed E-state index contributed by atoms with van der Waals surface area (Å²) in [7, 11) is 0. The van der Waals surface area contributed by atoms with Gasteiger partial charge in [0.15, 0.2) is 0 Å². The predicted molar refractivity (Wildman–Crippen MR) is 50.7 cm³/mol. The average Bonchev–Trinajstić information content (AvgIpc) is 2.19. The van der Waals surface area contributed by atoms with Crippen molar-refractivity contribution >= 4 is 0 Å². The molecule has 0 radical (unpaired) electrons. The molecule has 1 aliphatic rings. The van der Waals surface area contributed by atoms with Gasteiger partial charge in [-0.05, 0) is 25.3 Å². The normalized spacial score (nSPS) is 21.7. The third-order valence-electron chi connectivity index (χ3n) is 2.33. The molecule has 0 aromatic carbocycles. The van der Waals surface area contributed by atoms with Crippen molar-refractivity contribution < 1.29 is 4.42 Å². The van der Waals surface area contributed by atoms with Gasteiger partial charge in [0.05, 0.1) is 0 Å². The van der Waals surface area contributed by atoms with Gasteiger partial charge in [-0.2, -0.15) is 0 Å². The SMILES string of the molecule is O=c1cccc(C2C=CCCC2)o1. The van der Waals surface area contributed by atoms with E-state index in [1.807, 2.05) is 6.07 Å². The minimum absolute atomic E-state index is 0.253. The van der Waals surface area contributed by atoms with Crippen LogP contribution in [0, 0.1) is 0 Å². The van der Waals surface area contributed by atoms with E-state index >= 15 is 0 Å². The van der Waals surface area contributed by atoms with Gasteiger partial charge in [-0.15, -0.1) is 0 Å². The first kappa shape index (κ1) is 8.30. The Morgan fingerprint density at radius 2 is 2.31 bits per heavy atom. The average molecular weight is 176 g/mol. The Hall–Kier alpha value is -1.31. The summed E-state index contributed by atoms with van der Waals surface area (Å²) in [5, 5.41) is 0. The van der Waals surface area contributed by atoms with E-state index in [9.17, 15) is 4.79 Å². The van der Waals surface area contributed by atoms with Gasteiger partial charge in [-0.3, -0.25) is 0 Å². The Kier molecular flexibility index (Phi) is 2.30. The fourth-order valence-electron chi connectivity index (χ4n) is 1.65. The summed E-state index contributed by atoms with van der Waals surface area (Å²) in [5.41, 5.74) is -0.253. The molecule has 0 aliphatic heterocycles. The summed E-state index contributed by atoms with van der Waals surface area (Å²) in [5.74, 6) is 1.10. The zero-order valence-electron chi connectivity index (χ0n) is 7.40. The molecule has 0 saturated heterocycles. The Morgan fingerprint density at radius 3 is 3.00 bits per heavy atom. The minimum atomic E-state index is -0.253. The highest BCUT2D eigenvalue weighted by Crippen LogP contribution is 2.26. The lowest BCUT2D eigenvalue weighted by Gasteiger charge is -2.14. The topological polar surface area (TPSA) is 30.2 Å². The molecule has 0 saturated carbocycles. The predicted octanol–water partition coefficient (Wildman–Crippen LogP) is 2.46. The minimum Gasteiger partial charge on any atom is -0.427 e. The van der Waals surface area contributed by atoms with Crippen LogP contribution in [-0.4, -0.2) is 0 Å². The van der Waals surface area contributed by atoms with Gasteiger partial charge in [0.1, 0.15) is 5.76 Å². The summed E-state index contributed by atoms with van der Waals surface area (Å²) in [6, 6.07) is 5.07. The Labute approximate surface area is 76.9 Å². The second kappa shape index (κ2) is 3.60. The molecule has 1 unspecified atom stereocenters. The lowest BCUT2D eigenvalue weighted by Crippen LogP contribution is -2.04. The Bertz CT molecular complexity index is 362. The van der Waals surface area contributed by atoms with Crippen molar-refractivity contribution in [3.05, 3.63) is 46.5 Å². The summed E-state index contributed by atoms with van der Waals surface area (Å²) < 4.78 is 5.11. The van der Waals surface area contributed by atoms with E-state index in [1.54, 1.807) is 6.07 Å². The molecule has 0 bridgehead atoms. The Balaban J connectivity index is 2.29. The van der Waals surface area contributed by atoms with Crippen LogP contribution in [0.4, 0.5) is 0 Å². The number of allylic oxidation sites excluding steroid dienone is 2. The number of hydrogen-bond donors (Lipinski definition) is 0. The van der Waals surface area contributed by atoms with Gasteiger partial charge in [-0.1, -0.05) is 18.2 Å². The first-order valence-corrected chi connectivity index (χ1v) is 4.63. The van der Waals surface area contributed by atoms with E-state index in [-0.39, 0.29) is 5.63 Å². The van der Waals surface area contributed by atoms with Gasteiger partial charge >= 0.3 is 5.63 Å². The van der Waals surface area contributed by atoms with E-state index in [1.165, 1.54) is 12.5 Å². The molecule has 0 N–H and O–H groups in total. The number of hydrogen-bond acceptors (Lipinski definition) is 2. The Morgan fingerprint density at radius 1 is 1.38 bits per heavy atom. The molecule has 0 fully saturated rings. The molecule has 1 aliphatic carbocycles. The fraction of sp³-hybridized carbons (Fsp3) is 0.364. The van der Waals surface area contributed by atoms with Gasteiger partial charge in [0.2, 0.25) is 0 Å². The largest absolute Gasteiger partial charge is 0.427 e. The van der Waals surface area contributed by atoms with E-state index in [4.69, 9.17) is 4.42 Å². The monoisotopic (exact) mass is 176 g/mol. The standard InChI is InChI=1S/C11H12O2/c12-11-8-4-7-10(13-11)9-5-2-1-3-6-9/h2,4-5,7-9H,1,3,6H2. The third kappa shape index (κ3) is 1.89. The molecule has 2 rings (SSSR count). The molecule has 1 heterocycles.